The Morgan fingerprint density at radius 3 is 2.05 bits per heavy atom. The average molecular weight is 283 g/mol. The maximum absolute atomic E-state index is 4.10. The van der Waals surface area contributed by atoms with Crippen molar-refractivity contribution in [1.29, 1.82) is 0 Å². The smallest absolute Gasteiger partial charge is 0.0132 e. The van der Waals surface area contributed by atoms with Gasteiger partial charge in [-0.3, -0.25) is 0 Å². The number of hydrogen-bond acceptors (Lipinski definition) is 1. The van der Waals surface area contributed by atoms with Crippen molar-refractivity contribution < 1.29 is 0 Å². The standard InChI is InChI=1S/C20H29N/c1-14(15-6-2-3-7-15)21-20-18-10-11-19(20)13-17-9-5-4-8-16(17)12-18/h4-5,8-9,14-15,18-21H,2-3,6-7,10-13H2,1H3/t14-,18?,19?,20?/m0/s1. The number of nitrogens with one attached hydrogen (secondary N) is 1. The van der Waals surface area contributed by atoms with Crippen LogP contribution in [0.5, 0.6) is 0 Å². The van der Waals surface area contributed by atoms with Crippen LogP contribution >= 0.6 is 0 Å². The highest BCUT2D eigenvalue weighted by molar-refractivity contribution is 5.30. The van der Waals surface area contributed by atoms with Crippen molar-refractivity contribution in [2.75, 3.05) is 0 Å². The van der Waals surface area contributed by atoms with Crippen LogP contribution in [0.4, 0.5) is 0 Å². The Balaban J connectivity index is 1.49. The quantitative estimate of drug-likeness (QED) is 0.869. The highest BCUT2D eigenvalue weighted by Gasteiger charge is 2.40. The van der Waals surface area contributed by atoms with E-state index in [2.05, 4.69) is 36.5 Å². The monoisotopic (exact) mass is 283 g/mol. The third-order valence-corrected chi connectivity index (χ3v) is 6.57. The van der Waals surface area contributed by atoms with E-state index in [0.717, 1.165) is 29.8 Å². The fourth-order valence-corrected chi connectivity index (χ4v) is 5.32. The lowest BCUT2D eigenvalue weighted by Crippen LogP contribution is -2.45. The van der Waals surface area contributed by atoms with E-state index in [1.165, 1.54) is 51.4 Å². The Hall–Kier alpha value is -0.820. The van der Waals surface area contributed by atoms with Crippen molar-refractivity contribution in [1.82, 2.24) is 5.32 Å². The van der Waals surface area contributed by atoms with Crippen LogP contribution in [-0.2, 0) is 12.8 Å². The highest BCUT2D eigenvalue weighted by Crippen LogP contribution is 2.41. The van der Waals surface area contributed by atoms with Gasteiger partial charge in [0, 0.05) is 12.1 Å². The molecule has 1 heteroatoms. The van der Waals surface area contributed by atoms with Crippen LogP contribution in [0.3, 0.4) is 0 Å². The molecule has 0 heterocycles. The minimum Gasteiger partial charge on any atom is -0.311 e. The van der Waals surface area contributed by atoms with Gasteiger partial charge in [-0.2, -0.15) is 0 Å². The Morgan fingerprint density at radius 2 is 1.48 bits per heavy atom. The first-order valence-corrected chi connectivity index (χ1v) is 9.14. The molecular formula is C20H29N. The fraction of sp³-hybridized carbons (Fsp3) is 0.700. The molecule has 2 bridgehead atoms. The van der Waals surface area contributed by atoms with Crippen molar-refractivity contribution in [2.24, 2.45) is 17.8 Å². The van der Waals surface area contributed by atoms with Gasteiger partial charge in [0.15, 0.2) is 0 Å². The number of fused-ring (bicyclic) bond motifs is 3. The van der Waals surface area contributed by atoms with E-state index in [0.29, 0.717) is 0 Å². The average Bonchev–Trinajstić information content (AvgIpc) is 3.08. The van der Waals surface area contributed by atoms with Gasteiger partial charge in [0.05, 0.1) is 0 Å². The first-order valence-electron chi connectivity index (χ1n) is 9.14. The molecule has 3 aliphatic rings. The topological polar surface area (TPSA) is 12.0 Å². The summed E-state index contributed by atoms with van der Waals surface area (Å²) in [5.74, 6) is 2.69. The Bertz CT molecular complexity index is 455. The lowest BCUT2D eigenvalue weighted by molar-refractivity contribution is 0.268. The van der Waals surface area contributed by atoms with Crippen LogP contribution in [0.1, 0.15) is 56.6 Å². The van der Waals surface area contributed by atoms with E-state index in [4.69, 9.17) is 0 Å². The zero-order chi connectivity index (χ0) is 14.2. The van der Waals surface area contributed by atoms with Gasteiger partial charge in [0.2, 0.25) is 0 Å². The molecule has 0 amide bonds. The van der Waals surface area contributed by atoms with Crippen molar-refractivity contribution in [2.45, 2.75) is 70.4 Å². The Labute approximate surface area is 129 Å². The van der Waals surface area contributed by atoms with E-state index < -0.39 is 0 Å². The van der Waals surface area contributed by atoms with Gasteiger partial charge in [0.1, 0.15) is 0 Å². The van der Waals surface area contributed by atoms with Gasteiger partial charge in [-0.15, -0.1) is 0 Å². The molecule has 2 saturated carbocycles. The molecule has 1 aromatic carbocycles. The zero-order valence-corrected chi connectivity index (χ0v) is 13.4. The molecule has 0 radical (unpaired) electrons. The molecule has 1 nitrogen and oxygen atoms in total. The minimum atomic E-state index is 0.724. The summed E-state index contributed by atoms with van der Waals surface area (Å²) in [6, 6.07) is 10.7. The lowest BCUT2D eigenvalue weighted by Gasteiger charge is -2.30. The first-order chi connectivity index (χ1) is 10.3. The van der Waals surface area contributed by atoms with Gasteiger partial charge in [-0.25, -0.2) is 0 Å². The third kappa shape index (κ3) is 2.65. The second kappa shape index (κ2) is 5.76. The van der Waals surface area contributed by atoms with E-state index >= 15 is 0 Å². The van der Waals surface area contributed by atoms with Crippen molar-refractivity contribution >= 4 is 0 Å². The molecular weight excluding hydrogens is 254 g/mol. The first kappa shape index (κ1) is 13.8. The van der Waals surface area contributed by atoms with Crippen LogP contribution < -0.4 is 5.32 Å². The van der Waals surface area contributed by atoms with Crippen molar-refractivity contribution in [3.05, 3.63) is 35.4 Å². The van der Waals surface area contributed by atoms with Crippen LogP contribution in [0.25, 0.3) is 0 Å². The molecule has 0 saturated heterocycles. The molecule has 114 valence electrons. The Kier molecular flexibility index (Phi) is 3.79. The van der Waals surface area contributed by atoms with Crippen LogP contribution in [-0.4, -0.2) is 12.1 Å². The van der Waals surface area contributed by atoms with Crippen LogP contribution in [0, 0.1) is 17.8 Å². The molecule has 1 N–H and O–H groups in total. The summed E-state index contributed by atoms with van der Waals surface area (Å²) in [5.41, 5.74) is 3.26. The van der Waals surface area contributed by atoms with Gasteiger partial charge in [-0.05, 0) is 74.3 Å². The van der Waals surface area contributed by atoms with Crippen LogP contribution in [0.2, 0.25) is 0 Å². The van der Waals surface area contributed by atoms with Gasteiger partial charge < -0.3 is 5.32 Å². The second-order valence-electron chi connectivity index (χ2n) is 7.80. The summed E-state index contributed by atoms with van der Waals surface area (Å²) < 4.78 is 0. The fourth-order valence-electron chi connectivity index (χ4n) is 5.32. The number of benzene rings is 1. The Morgan fingerprint density at radius 1 is 0.905 bits per heavy atom. The summed E-state index contributed by atoms with van der Waals surface area (Å²) >= 11 is 0. The van der Waals surface area contributed by atoms with Gasteiger partial charge in [-0.1, -0.05) is 37.1 Å². The summed E-state index contributed by atoms with van der Waals surface area (Å²) in [5, 5.41) is 4.10. The predicted molar refractivity (Wildman–Crippen MR) is 88.4 cm³/mol. The summed E-state index contributed by atoms with van der Waals surface area (Å²) in [7, 11) is 0. The molecule has 4 rings (SSSR count). The van der Waals surface area contributed by atoms with E-state index in [9.17, 15) is 0 Å². The van der Waals surface area contributed by atoms with Gasteiger partial charge in [0.25, 0.3) is 0 Å². The third-order valence-electron chi connectivity index (χ3n) is 6.57. The molecule has 0 aliphatic heterocycles. The molecule has 3 aliphatic carbocycles. The maximum atomic E-state index is 4.10. The van der Waals surface area contributed by atoms with E-state index in [1.807, 2.05) is 0 Å². The lowest BCUT2D eigenvalue weighted by atomic mass is 9.91. The molecule has 0 spiro atoms. The minimum absolute atomic E-state index is 0.724. The molecule has 2 unspecified atom stereocenters. The molecule has 3 atom stereocenters. The van der Waals surface area contributed by atoms with Crippen molar-refractivity contribution in [3.63, 3.8) is 0 Å². The predicted octanol–water partition coefficient (Wildman–Crippen LogP) is 4.35. The van der Waals surface area contributed by atoms with Gasteiger partial charge >= 0.3 is 0 Å². The molecule has 2 fully saturated rings. The second-order valence-corrected chi connectivity index (χ2v) is 7.80. The molecule has 0 aromatic heterocycles. The van der Waals surface area contributed by atoms with E-state index in [1.54, 1.807) is 11.1 Å². The maximum Gasteiger partial charge on any atom is 0.0132 e. The largest absolute Gasteiger partial charge is 0.311 e. The van der Waals surface area contributed by atoms with Crippen LogP contribution in [0.15, 0.2) is 24.3 Å². The summed E-state index contributed by atoms with van der Waals surface area (Å²) in [6.07, 6.45) is 11.3. The summed E-state index contributed by atoms with van der Waals surface area (Å²) in [6.45, 7) is 2.45. The molecule has 21 heavy (non-hydrogen) atoms. The number of hydrogen-bond donors (Lipinski definition) is 1. The normalized spacial score (nSPS) is 33.7. The van der Waals surface area contributed by atoms with Crippen molar-refractivity contribution in [3.8, 4) is 0 Å². The number of rotatable bonds is 3. The summed E-state index contributed by atoms with van der Waals surface area (Å²) in [4.78, 5) is 0. The zero-order valence-electron chi connectivity index (χ0n) is 13.4. The molecule has 1 aromatic rings. The van der Waals surface area contributed by atoms with E-state index in [-0.39, 0.29) is 0 Å². The highest BCUT2D eigenvalue weighted by atomic mass is 15.0. The SMILES string of the molecule is C[C@H](NC1C2CCC1Cc1ccccc1C2)C1CCCC1.